The van der Waals surface area contributed by atoms with Crippen LogP contribution in [0, 0.1) is 5.92 Å². The first-order valence-corrected chi connectivity index (χ1v) is 8.48. The van der Waals surface area contributed by atoms with Gasteiger partial charge in [0.25, 0.3) is 0 Å². The van der Waals surface area contributed by atoms with Crippen LogP contribution in [0.2, 0.25) is 0 Å². The number of hydrogen-bond donors (Lipinski definition) is 1. The Morgan fingerprint density at radius 1 is 1.36 bits per heavy atom. The van der Waals surface area contributed by atoms with Crippen LogP contribution in [0.25, 0.3) is 0 Å². The maximum absolute atomic E-state index is 5.70. The molecule has 0 aromatic heterocycles. The molecule has 1 aliphatic heterocycles. The van der Waals surface area contributed by atoms with E-state index in [4.69, 9.17) is 14.5 Å². The summed E-state index contributed by atoms with van der Waals surface area (Å²) in [7, 11) is 2.08. The van der Waals surface area contributed by atoms with Gasteiger partial charge in [-0.15, -0.1) is 24.0 Å². The molecule has 0 radical (unpaired) electrons. The van der Waals surface area contributed by atoms with Crippen molar-refractivity contribution in [1.82, 2.24) is 10.2 Å². The second kappa shape index (κ2) is 11.5. The number of likely N-dealkylation sites (N-methyl/N-ethyl adjacent to an activating group) is 1. The standard InChI is InChI=1S/C16H31N3O2.HI/c1-3-17-16(18-9-8-15-5-4-11-21-15)19(2)10-12-20-13-14-6-7-14;/h14-15H,3-13H2,1-2H3,(H,17,18);1H. The molecule has 0 amide bonds. The van der Waals surface area contributed by atoms with E-state index in [0.717, 1.165) is 57.8 Å². The molecule has 0 aromatic carbocycles. The molecule has 0 spiro atoms. The van der Waals surface area contributed by atoms with Crippen molar-refractivity contribution in [2.24, 2.45) is 10.9 Å². The quantitative estimate of drug-likeness (QED) is 0.267. The van der Waals surface area contributed by atoms with Gasteiger partial charge in [-0.3, -0.25) is 4.99 Å². The first kappa shape index (κ1) is 20.0. The van der Waals surface area contributed by atoms with Gasteiger partial charge >= 0.3 is 0 Å². The Balaban J connectivity index is 0.00000242. The Hall–Kier alpha value is -0.0800. The lowest BCUT2D eigenvalue weighted by Crippen LogP contribution is -2.40. The molecule has 0 bridgehead atoms. The van der Waals surface area contributed by atoms with Crippen molar-refractivity contribution < 1.29 is 9.47 Å². The summed E-state index contributed by atoms with van der Waals surface area (Å²) in [5, 5.41) is 3.35. The maximum Gasteiger partial charge on any atom is 0.193 e. The van der Waals surface area contributed by atoms with Crippen molar-refractivity contribution in [2.75, 3.05) is 46.5 Å². The summed E-state index contributed by atoms with van der Waals surface area (Å²) in [4.78, 5) is 6.86. The molecule has 2 aliphatic rings. The van der Waals surface area contributed by atoms with Gasteiger partial charge in [0.15, 0.2) is 5.96 Å². The molecule has 2 fully saturated rings. The van der Waals surface area contributed by atoms with Crippen LogP contribution in [0.5, 0.6) is 0 Å². The number of guanidine groups is 1. The summed E-state index contributed by atoms with van der Waals surface area (Å²) in [5.41, 5.74) is 0. The average molecular weight is 425 g/mol. The number of nitrogens with one attached hydrogen (secondary N) is 1. The number of halogens is 1. The Bertz CT molecular complexity index is 319. The van der Waals surface area contributed by atoms with E-state index in [1.807, 2.05) is 0 Å². The molecule has 1 saturated heterocycles. The molecule has 1 atom stereocenters. The van der Waals surface area contributed by atoms with Crippen molar-refractivity contribution in [3.05, 3.63) is 0 Å². The van der Waals surface area contributed by atoms with E-state index >= 15 is 0 Å². The van der Waals surface area contributed by atoms with Gasteiger partial charge in [0.1, 0.15) is 0 Å². The predicted molar refractivity (Wildman–Crippen MR) is 101 cm³/mol. The molecule has 130 valence electrons. The summed E-state index contributed by atoms with van der Waals surface area (Å²) in [6.07, 6.45) is 6.54. The molecule has 1 saturated carbocycles. The molecular weight excluding hydrogens is 393 g/mol. The van der Waals surface area contributed by atoms with Crippen LogP contribution in [-0.2, 0) is 9.47 Å². The van der Waals surface area contributed by atoms with Gasteiger partial charge in [0.05, 0.1) is 12.7 Å². The smallest absolute Gasteiger partial charge is 0.193 e. The largest absolute Gasteiger partial charge is 0.379 e. The van der Waals surface area contributed by atoms with Crippen LogP contribution in [0.3, 0.4) is 0 Å². The number of rotatable bonds is 9. The molecule has 1 N–H and O–H groups in total. The Morgan fingerprint density at radius 3 is 2.82 bits per heavy atom. The minimum atomic E-state index is 0. The second-order valence-electron chi connectivity index (χ2n) is 6.10. The van der Waals surface area contributed by atoms with Crippen LogP contribution in [0.1, 0.15) is 39.0 Å². The van der Waals surface area contributed by atoms with E-state index in [1.165, 1.54) is 25.7 Å². The number of aliphatic imine (C=N–C) groups is 1. The second-order valence-corrected chi connectivity index (χ2v) is 6.10. The molecule has 1 heterocycles. The molecule has 5 nitrogen and oxygen atoms in total. The van der Waals surface area contributed by atoms with Crippen molar-refractivity contribution in [2.45, 2.75) is 45.1 Å². The highest BCUT2D eigenvalue weighted by atomic mass is 127. The molecular formula is C16H32IN3O2. The Labute approximate surface area is 152 Å². The maximum atomic E-state index is 5.70. The molecule has 6 heteroatoms. The molecule has 2 rings (SSSR count). The Morgan fingerprint density at radius 2 is 2.18 bits per heavy atom. The summed E-state index contributed by atoms with van der Waals surface area (Å²) >= 11 is 0. The fourth-order valence-electron chi connectivity index (χ4n) is 2.50. The van der Waals surface area contributed by atoms with Crippen molar-refractivity contribution in [1.29, 1.82) is 0 Å². The van der Waals surface area contributed by atoms with Gasteiger partial charge in [0.2, 0.25) is 0 Å². The van der Waals surface area contributed by atoms with E-state index in [2.05, 4.69) is 24.2 Å². The lowest BCUT2D eigenvalue weighted by molar-refractivity contribution is 0.106. The molecule has 1 aliphatic carbocycles. The predicted octanol–water partition coefficient (Wildman–Crippen LogP) is 2.50. The summed E-state index contributed by atoms with van der Waals surface area (Å²) < 4.78 is 11.3. The van der Waals surface area contributed by atoms with Crippen LogP contribution >= 0.6 is 24.0 Å². The highest BCUT2D eigenvalue weighted by molar-refractivity contribution is 14.0. The Kier molecular flexibility index (Phi) is 10.4. The molecule has 1 unspecified atom stereocenters. The first-order chi connectivity index (χ1) is 10.3. The van der Waals surface area contributed by atoms with Crippen LogP contribution in [0.15, 0.2) is 4.99 Å². The fraction of sp³-hybridized carbons (Fsp3) is 0.938. The third-order valence-corrected chi connectivity index (χ3v) is 4.05. The van der Waals surface area contributed by atoms with E-state index in [0.29, 0.717) is 6.10 Å². The zero-order chi connectivity index (χ0) is 14.9. The number of nitrogens with zero attached hydrogens (tertiary/aromatic N) is 2. The number of hydrogen-bond acceptors (Lipinski definition) is 3. The lowest BCUT2D eigenvalue weighted by atomic mass is 10.2. The van der Waals surface area contributed by atoms with Gasteiger partial charge < -0.3 is 19.7 Å². The van der Waals surface area contributed by atoms with Crippen molar-refractivity contribution >= 4 is 29.9 Å². The fourth-order valence-corrected chi connectivity index (χ4v) is 2.50. The molecule has 22 heavy (non-hydrogen) atoms. The number of ether oxygens (including phenoxy) is 2. The average Bonchev–Trinajstić information content (AvgIpc) is 3.17. The van der Waals surface area contributed by atoms with Crippen molar-refractivity contribution in [3.8, 4) is 0 Å². The monoisotopic (exact) mass is 425 g/mol. The van der Waals surface area contributed by atoms with E-state index in [-0.39, 0.29) is 24.0 Å². The first-order valence-electron chi connectivity index (χ1n) is 8.48. The van der Waals surface area contributed by atoms with Crippen LogP contribution in [-0.4, -0.2) is 63.5 Å². The van der Waals surface area contributed by atoms with Gasteiger partial charge in [0, 0.05) is 39.9 Å². The van der Waals surface area contributed by atoms with E-state index in [9.17, 15) is 0 Å². The van der Waals surface area contributed by atoms with Crippen LogP contribution < -0.4 is 5.32 Å². The minimum absolute atomic E-state index is 0. The van der Waals surface area contributed by atoms with Gasteiger partial charge in [-0.1, -0.05) is 0 Å². The van der Waals surface area contributed by atoms with Gasteiger partial charge in [-0.2, -0.15) is 0 Å². The van der Waals surface area contributed by atoms with Crippen molar-refractivity contribution in [3.63, 3.8) is 0 Å². The van der Waals surface area contributed by atoms with Gasteiger partial charge in [-0.05, 0) is 44.9 Å². The normalized spacial score (nSPS) is 21.5. The van der Waals surface area contributed by atoms with E-state index < -0.39 is 0 Å². The topological polar surface area (TPSA) is 46.1 Å². The van der Waals surface area contributed by atoms with E-state index in [1.54, 1.807) is 0 Å². The third-order valence-electron chi connectivity index (χ3n) is 4.05. The third kappa shape index (κ3) is 7.97. The van der Waals surface area contributed by atoms with Gasteiger partial charge in [-0.25, -0.2) is 0 Å². The molecule has 0 aromatic rings. The van der Waals surface area contributed by atoms with Crippen LogP contribution in [0.4, 0.5) is 0 Å². The summed E-state index contributed by atoms with van der Waals surface area (Å²) in [6.45, 7) is 7.36. The minimum Gasteiger partial charge on any atom is -0.379 e. The summed E-state index contributed by atoms with van der Waals surface area (Å²) in [5.74, 6) is 1.81. The highest BCUT2D eigenvalue weighted by Crippen LogP contribution is 2.28. The SMILES string of the molecule is CCNC(=NCCC1CCCO1)N(C)CCOCC1CC1.I. The zero-order valence-electron chi connectivity index (χ0n) is 14.1. The lowest BCUT2D eigenvalue weighted by Gasteiger charge is -2.22. The zero-order valence-corrected chi connectivity index (χ0v) is 16.4. The summed E-state index contributed by atoms with van der Waals surface area (Å²) in [6, 6.07) is 0. The highest BCUT2D eigenvalue weighted by Gasteiger charge is 2.21.